The molecule has 0 aliphatic heterocycles. The van der Waals surface area contributed by atoms with Crippen molar-refractivity contribution in [1.29, 1.82) is 0 Å². The highest BCUT2D eigenvalue weighted by atomic mass is 16.7. The molecule has 2 saturated carbocycles. The number of methoxy groups -OCH3 is 3. The van der Waals surface area contributed by atoms with Gasteiger partial charge >= 0.3 is 0 Å². The van der Waals surface area contributed by atoms with Gasteiger partial charge in [-0.3, -0.25) is 0 Å². The number of rotatable bonds is 10. The Balaban J connectivity index is 1.57. The standard InChI is InChI=1S/C39H66O3/c1-26(25-33(2,3)34(4,5)35(6,7)36(8,9)39(12,41-14)42-15)30-18-19-31-29-17-16-27-24-28(40-13)20-22-37(27,10)32(29)21-23-38(30,31)11/h16-17,20,22,26,28,30-32H,18-19,21,23-25H2,1-15H3. The molecule has 7 unspecified atom stereocenters. The summed E-state index contributed by atoms with van der Waals surface area (Å²) in [5.74, 6) is 2.12. The summed E-state index contributed by atoms with van der Waals surface area (Å²) in [6, 6.07) is 0. The van der Waals surface area contributed by atoms with E-state index in [1.807, 2.05) is 7.11 Å². The highest BCUT2D eigenvalue weighted by Gasteiger charge is 2.62. The second-order valence-electron chi connectivity index (χ2n) is 17.6. The lowest BCUT2D eigenvalue weighted by atomic mass is 9.44. The molecule has 0 bridgehead atoms. The van der Waals surface area contributed by atoms with E-state index >= 15 is 0 Å². The van der Waals surface area contributed by atoms with Gasteiger partial charge in [0.2, 0.25) is 0 Å². The summed E-state index contributed by atoms with van der Waals surface area (Å²) in [7, 11) is 5.41. The van der Waals surface area contributed by atoms with Crippen LogP contribution >= 0.6 is 0 Å². The van der Waals surface area contributed by atoms with E-state index in [0.29, 0.717) is 23.2 Å². The van der Waals surface area contributed by atoms with Crippen LogP contribution in [0.2, 0.25) is 0 Å². The van der Waals surface area contributed by atoms with Gasteiger partial charge in [-0.2, -0.15) is 0 Å². The van der Waals surface area contributed by atoms with Crippen LogP contribution in [0.25, 0.3) is 0 Å². The molecule has 3 nitrogen and oxygen atoms in total. The van der Waals surface area contributed by atoms with E-state index in [1.165, 1.54) is 32.1 Å². The van der Waals surface area contributed by atoms with Crippen molar-refractivity contribution in [3.05, 3.63) is 35.5 Å². The Hall–Kier alpha value is -0.900. The van der Waals surface area contributed by atoms with Crippen LogP contribution in [0.1, 0.15) is 122 Å². The van der Waals surface area contributed by atoms with Crippen LogP contribution in [0.5, 0.6) is 0 Å². The molecule has 3 heteroatoms. The minimum atomic E-state index is -0.670. The first-order valence-electron chi connectivity index (χ1n) is 16.9. The fraction of sp³-hybridized carbons (Fsp3) is 0.846. The summed E-state index contributed by atoms with van der Waals surface area (Å²) in [6.07, 6.45) is 17.7. The van der Waals surface area contributed by atoms with Gasteiger partial charge in [-0.05, 0) is 90.8 Å². The zero-order valence-corrected chi connectivity index (χ0v) is 30.2. The smallest absolute Gasteiger partial charge is 0.170 e. The molecule has 7 atom stereocenters. The van der Waals surface area contributed by atoms with Crippen molar-refractivity contribution in [2.45, 2.75) is 134 Å². The number of fused-ring (bicyclic) bond motifs is 5. The molecular weight excluding hydrogens is 516 g/mol. The SMILES string of the molecule is COC1C=CC2(C)C(=CC=C3C2CCC2(C)C3CCC2C(C)CC(C)(C)C(C)(C)C(C)(C)C(C)(C)C(C)(OC)OC)C1. The molecular formula is C39H66O3. The third-order valence-corrected chi connectivity index (χ3v) is 15.7. The Morgan fingerprint density at radius 1 is 0.810 bits per heavy atom. The molecule has 4 rings (SSSR count). The monoisotopic (exact) mass is 583 g/mol. The second kappa shape index (κ2) is 10.9. The van der Waals surface area contributed by atoms with Gasteiger partial charge in [0.25, 0.3) is 0 Å². The molecule has 4 aliphatic rings. The average molecular weight is 583 g/mol. The minimum absolute atomic E-state index is 0.0295. The topological polar surface area (TPSA) is 27.7 Å². The fourth-order valence-corrected chi connectivity index (χ4v) is 10.7. The van der Waals surface area contributed by atoms with Crippen LogP contribution in [-0.4, -0.2) is 33.2 Å². The lowest BCUT2D eigenvalue weighted by molar-refractivity contribution is -0.302. The van der Waals surface area contributed by atoms with E-state index in [1.54, 1.807) is 25.4 Å². The zero-order valence-electron chi connectivity index (χ0n) is 30.2. The zero-order chi connectivity index (χ0) is 31.7. The van der Waals surface area contributed by atoms with Crippen molar-refractivity contribution in [3.8, 4) is 0 Å². The maximum Gasteiger partial charge on any atom is 0.170 e. The number of hydrogen-bond donors (Lipinski definition) is 0. The van der Waals surface area contributed by atoms with Crippen molar-refractivity contribution >= 4 is 0 Å². The molecule has 0 amide bonds. The minimum Gasteiger partial charge on any atom is -0.377 e. The first-order chi connectivity index (χ1) is 19.2. The summed E-state index contributed by atoms with van der Waals surface area (Å²) in [4.78, 5) is 0. The number of allylic oxidation sites excluding steroid dienone is 4. The van der Waals surface area contributed by atoms with Crippen LogP contribution < -0.4 is 0 Å². The predicted octanol–water partition coefficient (Wildman–Crippen LogP) is 10.4. The van der Waals surface area contributed by atoms with E-state index < -0.39 is 5.79 Å². The van der Waals surface area contributed by atoms with Crippen LogP contribution in [0.4, 0.5) is 0 Å². The molecule has 0 aromatic heterocycles. The van der Waals surface area contributed by atoms with Gasteiger partial charge in [0, 0.05) is 32.2 Å². The third-order valence-electron chi connectivity index (χ3n) is 15.7. The molecule has 0 spiro atoms. The van der Waals surface area contributed by atoms with Gasteiger partial charge in [-0.25, -0.2) is 0 Å². The first-order valence-corrected chi connectivity index (χ1v) is 16.9. The molecule has 4 aliphatic carbocycles. The van der Waals surface area contributed by atoms with E-state index in [0.717, 1.165) is 12.3 Å². The van der Waals surface area contributed by atoms with Gasteiger partial charge in [-0.15, -0.1) is 0 Å². The third kappa shape index (κ3) is 4.68. The quantitative estimate of drug-likeness (QED) is 0.189. The van der Waals surface area contributed by atoms with Gasteiger partial charge in [0.15, 0.2) is 5.79 Å². The Morgan fingerprint density at radius 3 is 2.00 bits per heavy atom. The van der Waals surface area contributed by atoms with Crippen molar-refractivity contribution in [2.75, 3.05) is 21.3 Å². The molecule has 42 heavy (non-hydrogen) atoms. The van der Waals surface area contributed by atoms with E-state index in [2.05, 4.69) is 107 Å². The molecule has 240 valence electrons. The highest BCUT2D eigenvalue weighted by Crippen LogP contribution is 2.68. The van der Waals surface area contributed by atoms with Crippen molar-refractivity contribution in [3.63, 3.8) is 0 Å². The summed E-state index contributed by atoms with van der Waals surface area (Å²) in [5.41, 5.74) is 3.75. The lowest BCUT2D eigenvalue weighted by Crippen LogP contribution is -2.61. The van der Waals surface area contributed by atoms with Crippen molar-refractivity contribution < 1.29 is 14.2 Å². The maximum atomic E-state index is 6.03. The van der Waals surface area contributed by atoms with E-state index in [9.17, 15) is 0 Å². The number of ether oxygens (including phenoxy) is 3. The van der Waals surface area contributed by atoms with E-state index in [4.69, 9.17) is 14.2 Å². The van der Waals surface area contributed by atoms with Gasteiger partial charge in [-0.1, -0.05) is 112 Å². The van der Waals surface area contributed by atoms with Crippen molar-refractivity contribution in [2.24, 2.45) is 56.2 Å². The Labute approximate surface area is 260 Å². The van der Waals surface area contributed by atoms with Gasteiger partial charge in [0.05, 0.1) is 6.10 Å². The first kappa shape index (κ1) is 34.0. The molecule has 0 aromatic carbocycles. The maximum absolute atomic E-state index is 6.03. The molecule has 0 N–H and O–H groups in total. The van der Waals surface area contributed by atoms with Crippen LogP contribution in [0, 0.1) is 56.2 Å². The highest BCUT2D eigenvalue weighted by molar-refractivity contribution is 5.43. The molecule has 0 aromatic rings. The van der Waals surface area contributed by atoms with Crippen LogP contribution in [0.3, 0.4) is 0 Å². The Bertz CT molecular complexity index is 1100. The summed E-state index contributed by atoms with van der Waals surface area (Å²) in [6.45, 7) is 29.5. The second-order valence-corrected chi connectivity index (χ2v) is 17.6. The average Bonchev–Trinajstić information content (AvgIpc) is 3.28. The summed E-state index contributed by atoms with van der Waals surface area (Å²) < 4.78 is 17.8. The predicted molar refractivity (Wildman–Crippen MR) is 177 cm³/mol. The lowest BCUT2D eigenvalue weighted by Gasteiger charge is -2.63. The number of hydrogen-bond acceptors (Lipinski definition) is 3. The van der Waals surface area contributed by atoms with Crippen molar-refractivity contribution in [1.82, 2.24) is 0 Å². The van der Waals surface area contributed by atoms with Crippen LogP contribution in [-0.2, 0) is 14.2 Å². The summed E-state index contributed by atoms with van der Waals surface area (Å²) >= 11 is 0. The van der Waals surface area contributed by atoms with Crippen LogP contribution in [0.15, 0.2) is 35.5 Å². The Kier molecular flexibility index (Phi) is 8.79. The fourth-order valence-electron chi connectivity index (χ4n) is 10.7. The van der Waals surface area contributed by atoms with E-state index in [-0.39, 0.29) is 33.2 Å². The van der Waals surface area contributed by atoms with Gasteiger partial charge in [0.1, 0.15) is 0 Å². The molecule has 0 saturated heterocycles. The molecule has 0 heterocycles. The normalized spacial score (nSPS) is 34.7. The molecule has 0 radical (unpaired) electrons. The molecule has 2 fully saturated rings. The van der Waals surface area contributed by atoms with Gasteiger partial charge < -0.3 is 14.2 Å². The Morgan fingerprint density at radius 2 is 1.43 bits per heavy atom. The summed E-state index contributed by atoms with van der Waals surface area (Å²) in [5, 5.41) is 0. The largest absolute Gasteiger partial charge is 0.377 e.